The number of hydrogen-bond donors (Lipinski definition) is 0. The standard InChI is InChI=1S/C10H18O6Si/c1-8(11)5-14-17(4,15-6-9(2)12)16-7-10(3)13/h5-7H2,1-4H3. The molecule has 0 saturated carbocycles. The van der Waals surface area contributed by atoms with Crippen molar-refractivity contribution in [1.82, 2.24) is 0 Å². The van der Waals surface area contributed by atoms with Crippen LogP contribution in [0.15, 0.2) is 0 Å². The molecule has 0 saturated heterocycles. The van der Waals surface area contributed by atoms with Crippen LogP contribution in [0, 0.1) is 0 Å². The van der Waals surface area contributed by atoms with Gasteiger partial charge in [0.05, 0.1) is 19.8 Å². The first-order chi connectivity index (χ1) is 7.75. The van der Waals surface area contributed by atoms with Gasteiger partial charge in [0, 0.05) is 6.55 Å². The molecule has 0 bridgehead atoms. The molecule has 0 radical (unpaired) electrons. The summed E-state index contributed by atoms with van der Waals surface area (Å²) >= 11 is 0. The molecule has 0 aromatic rings. The van der Waals surface area contributed by atoms with Gasteiger partial charge in [-0.05, 0) is 20.8 Å². The van der Waals surface area contributed by atoms with Crippen molar-refractivity contribution in [2.45, 2.75) is 27.3 Å². The van der Waals surface area contributed by atoms with Crippen LogP contribution in [0.4, 0.5) is 0 Å². The molecule has 0 aromatic carbocycles. The van der Waals surface area contributed by atoms with E-state index in [0.29, 0.717) is 0 Å². The van der Waals surface area contributed by atoms with E-state index in [9.17, 15) is 14.4 Å². The van der Waals surface area contributed by atoms with Gasteiger partial charge in [0.25, 0.3) is 0 Å². The SMILES string of the molecule is CC(=O)CO[Si](C)(OCC(C)=O)OCC(C)=O. The molecule has 0 N–H and O–H groups in total. The Morgan fingerprint density at radius 1 is 0.765 bits per heavy atom. The third-order valence-corrected chi connectivity index (χ3v) is 3.62. The zero-order valence-corrected chi connectivity index (χ0v) is 11.6. The monoisotopic (exact) mass is 262 g/mol. The van der Waals surface area contributed by atoms with Gasteiger partial charge in [-0.15, -0.1) is 0 Å². The Balaban J connectivity index is 4.37. The molecule has 0 aromatic heterocycles. The maximum atomic E-state index is 10.8. The summed E-state index contributed by atoms with van der Waals surface area (Å²) in [7, 11) is -3.10. The number of carbonyl (C=O) groups excluding carboxylic acids is 3. The van der Waals surface area contributed by atoms with E-state index in [1.165, 1.54) is 20.8 Å². The predicted molar refractivity (Wildman–Crippen MR) is 61.5 cm³/mol. The smallest absolute Gasteiger partial charge is 0.366 e. The average molecular weight is 262 g/mol. The lowest BCUT2D eigenvalue weighted by atomic mass is 10.5. The Morgan fingerprint density at radius 2 is 1.00 bits per heavy atom. The molecule has 0 spiro atoms. The number of ketones is 3. The predicted octanol–water partition coefficient (Wildman–Crippen LogP) is 0.372. The first-order valence-corrected chi connectivity index (χ1v) is 7.38. The number of carbonyl (C=O) groups is 3. The first-order valence-electron chi connectivity index (χ1n) is 5.15. The van der Waals surface area contributed by atoms with Crippen molar-refractivity contribution in [3.63, 3.8) is 0 Å². The van der Waals surface area contributed by atoms with E-state index in [2.05, 4.69) is 0 Å². The minimum absolute atomic E-state index is 0.154. The molecular weight excluding hydrogens is 244 g/mol. The Morgan fingerprint density at radius 3 is 1.18 bits per heavy atom. The molecule has 0 aliphatic heterocycles. The van der Waals surface area contributed by atoms with Gasteiger partial charge in [-0.3, -0.25) is 14.4 Å². The van der Waals surface area contributed by atoms with Gasteiger partial charge in [0.1, 0.15) is 0 Å². The highest BCUT2D eigenvalue weighted by molar-refractivity contribution is 6.59. The summed E-state index contributed by atoms with van der Waals surface area (Å²) in [5.41, 5.74) is 0. The number of rotatable bonds is 9. The van der Waals surface area contributed by atoms with Gasteiger partial charge >= 0.3 is 8.80 Å². The highest BCUT2D eigenvalue weighted by atomic mass is 28.4. The molecule has 0 fully saturated rings. The Labute approximate surface area is 102 Å². The first kappa shape index (κ1) is 16.1. The molecule has 7 heteroatoms. The normalized spacial score (nSPS) is 11.3. The lowest BCUT2D eigenvalue weighted by Crippen LogP contribution is -2.45. The fourth-order valence-electron chi connectivity index (χ4n) is 0.823. The van der Waals surface area contributed by atoms with Gasteiger partial charge in [0.15, 0.2) is 17.3 Å². The van der Waals surface area contributed by atoms with Gasteiger partial charge in [-0.1, -0.05) is 0 Å². The maximum Gasteiger partial charge on any atom is 0.498 e. The Bertz CT molecular complexity index is 256. The molecule has 0 atom stereocenters. The van der Waals surface area contributed by atoms with E-state index in [1.54, 1.807) is 6.55 Å². The summed E-state index contributed by atoms with van der Waals surface area (Å²) in [6.07, 6.45) is 0. The highest BCUT2D eigenvalue weighted by Gasteiger charge is 2.36. The topological polar surface area (TPSA) is 78.9 Å². The fraction of sp³-hybridized carbons (Fsp3) is 0.700. The molecule has 6 nitrogen and oxygen atoms in total. The Hall–Kier alpha value is -0.893. The van der Waals surface area contributed by atoms with Crippen molar-refractivity contribution < 1.29 is 27.7 Å². The summed E-state index contributed by atoms with van der Waals surface area (Å²) in [4.78, 5) is 32.5. The van der Waals surface area contributed by atoms with Crippen molar-refractivity contribution in [1.29, 1.82) is 0 Å². The molecule has 0 aliphatic carbocycles. The van der Waals surface area contributed by atoms with Crippen LogP contribution in [0.5, 0.6) is 0 Å². The molecule has 0 aliphatic rings. The molecule has 0 unspecified atom stereocenters. The van der Waals surface area contributed by atoms with Gasteiger partial charge in [-0.25, -0.2) is 0 Å². The Kier molecular flexibility index (Phi) is 7.05. The van der Waals surface area contributed by atoms with E-state index in [0.717, 1.165) is 0 Å². The maximum absolute atomic E-state index is 10.8. The van der Waals surface area contributed by atoms with Crippen LogP contribution < -0.4 is 0 Å². The third-order valence-electron chi connectivity index (χ3n) is 1.61. The van der Waals surface area contributed by atoms with Crippen molar-refractivity contribution in [2.24, 2.45) is 0 Å². The van der Waals surface area contributed by atoms with Crippen LogP contribution in [0.25, 0.3) is 0 Å². The quantitative estimate of drug-likeness (QED) is 0.559. The van der Waals surface area contributed by atoms with Gasteiger partial charge in [-0.2, -0.15) is 0 Å². The third kappa shape index (κ3) is 8.87. The second-order valence-corrected chi connectivity index (χ2v) is 6.43. The van der Waals surface area contributed by atoms with Crippen LogP contribution in [-0.4, -0.2) is 46.0 Å². The van der Waals surface area contributed by atoms with Crippen LogP contribution in [0.3, 0.4) is 0 Å². The lowest BCUT2D eigenvalue weighted by Gasteiger charge is -2.24. The minimum atomic E-state index is -3.10. The molecule has 0 heterocycles. The van der Waals surface area contributed by atoms with E-state index >= 15 is 0 Å². The van der Waals surface area contributed by atoms with Crippen molar-refractivity contribution in [2.75, 3.05) is 19.8 Å². The molecule has 0 amide bonds. The summed E-state index contributed by atoms with van der Waals surface area (Å²) in [6, 6.07) is 0. The van der Waals surface area contributed by atoms with E-state index < -0.39 is 8.80 Å². The molecular formula is C10H18O6Si. The average Bonchev–Trinajstić information content (AvgIpc) is 2.21. The molecule has 0 rings (SSSR count). The van der Waals surface area contributed by atoms with Crippen LogP contribution in [0.1, 0.15) is 20.8 Å². The largest absolute Gasteiger partial charge is 0.498 e. The summed E-state index contributed by atoms with van der Waals surface area (Å²) in [5, 5.41) is 0. The zero-order valence-electron chi connectivity index (χ0n) is 10.6. The molecule has 98 valence electrons. The second kappa shape index (κ2) is 7.44. The van der Waals surface area contributed by atoms with Crippen LogP contribution in [0.2, 0.25) is 6.55 Å². The van der Waals surface area contributed by atoms with Gasteiger partial charge < -0.3 is 13.3 Å². The second-order valence-electron chi connectivity index (χ2n) is 3.83. The van der Waals surface area contributed by atoms with E-state index in [1.807, 2.05) is 0 Å². The summed E-state index contributed by atoms with van der Waals surface area (Å²) in [5.74, 6) is -0.537. The minimum Gasteiger partial charge on any atom is -0.366 e. The zero-order chi connectivity index (χ0) is 13.5. The van der Waals surface area contributed by atoms with Crippen molar-refractivity contribution in [3.8, 4) is 0 Å². The van der Waals surface area contributed by atoms with E-state index in [4.69, 9.17) is 13.3 Å². The summed E-state index contributed by atoms with van der Waals surface area (Å²) in [6.45, 7) is 5.18. The number of hydrogen-bond acceptors (Lipinski definition) is 6. The van der Waals surface area contributed by atoms with Crippen LogP contribution in [-0.2, 0) is 27.7 Å². The van der Waals surface area contributed by atoms with E-state index in [-0.39, 0.29) is 37.2 Å². The molecule has 17 heavy (non-hydrogen) atoms. The number of Topliss-reactive ketones (excluding diaryl/α,β-unsaturated/α-hetero) is 3. The summed E-state index contributed by atoms with van der Waals surface area (Å²) < 4.78 is 15.7. The fourth-order valence-corrected chi connectivity index (χ4v) is 2.47. The van der Waals surface area contributed by atoms with Crippen LogP contribution >= 0.6 is 0 Å². The van der Waals surface area contributed by atoms with Gasteiger partial charge in [0.2, 0.25) is 0 Å². The highest BCUT2D eigenvalue weighted by Crippen LogP contribution is 2.09. The van der Waals surface area contributed by atoms with Crippen molar-refractivity contribution >= 4 is 26.2 Å². The lowest BCUT2D eigenvalue weighted by molar-refractivity contribution is -0.123. The van der Waals surface area contributed by atoms with Crippen molar-refractivity contribution in [3.05, 3.63) is 0 Å².